The first-order chi connectivity index (χ1) is 23.6. The number of hydrogen-bond donors (Lipinski definition) is 1. The van der Waals surface area contributed by atoms with Crippen LogP contribution in [0.25, 0.3) is 0 Å². The summed E-state index contributed by atoms with van der Waals surface area (Å²) in [5.41, 5.74) is 1.25. The molecule has 8 nitrogen and oxygen atoms in total. The van der Waals surface area contributed by atoms with Gasteiger partial charge in [0.05, 0.1) is 31.9 Å². The second-order valence-electron chi connectivity index (χ2n) is 16.7. The molecule has 2 heterocycles. The molecule has 10 heteroatoms. The van der Waals surface area contributed by atoms with E-state index in [1.165, 1.54) is 18.2 Å². The third kappa shape index (κ3) is 7.00. The first-order valence-electron chi connectivity index (χ1n) is 18.3. The lowest BCUT2D eigenvalue weighted by molar-refractivity contribution is -0.168. The van der Waals surface area contributed by atoms with Gasteiger partial charge in [0.1, 0.15) is 5.75 Å². The van der Waals surface area contributed by atoms with E-state index in [1.54, 1.807) is 18.0 Å². The number of aliphatic hydroxyl groups is 1. The van der Waals surface area contributed by atoms with Gasteiger partial charge in [0, 0.05) is 37.1 Å². The second kappa shape index (κ2) is 13.9. The summed E-state index contributed by atoms with van der Waals surface area (Å²) >= 11 is 6.49. The highest BCUT2D eigenvalue weighted by atomic mass is 35.5. The number of amides is 1. The van der Waals surface area contributed by atoms with Gasteiger partial charge in [-0.25, -0.2) is 4.79 Å². The second-order valence-corrected chi connectivity index (χ2v) is 21.9. The van der Waals surface area contributed by atoms with E-state index in [2.05, 4.69) is 63.0 Å². The molecule has 5 atom stereocenters. The fraction of sp³-hybridized carbons (Fsp3) is 0.600. The van der Waals surface area contributed by atoms with Crippen molar-refractivity contribution in [1.29, 1.82) is 0 Å². The average Bonchev–Trinajstić information content (AvgIpc) is 3.19. The van der Waals surface area contributed by atoms with Crippen molar-refractivity contribution in [3.63, 3.8) is 0 Å². The Hall–Kier alpha value is -2.85. The lowest BCUT2D eigenvalue weighted by atomic mass is 9.68. The van der Waals surface area contributed by atoms with Crippen molar-refractivity contribution in [2.24, 2.45) is 11.8 Å². The zero-order valence-electron chi connectivity index (χ0n) is 30.9. The number of hydrogen-bond acceptors (Lipinski definition) is 7. The monoisotopic (exact) mass is 722 g/mol. The van der Waals surface area contributed by atoms with E-state index in [0.29, 0.717) is 49.3 Å². The predicted molar refractivity (Wildman–Crippen MR) is 200 cm³/mol. The van der Waals surface area contributed by atoms with Gasteiger partial charge in [-0.1, -0.05) is 56.7 Å². The van der Waals surface area contributed by atoms with Crippen LogP contribution in [0, 0.1) is 11.8 Å². The Morgan fingerprint density at radius 2 is 1.92 bits per heavy atom. The molecule has 50 heavy (non-hydrogen) atoms. The van der Waals surface area contributed by atoms with Gasteiger partial charge in [-0.2, -0.15) is 0 Å². The highest BCUT2D eigenvalue weighted by Gasteiger charge is 2.48. The van der Waals surface area contributed by atoms with E-state index < -0.39 is 26.3 Å². The summed E-state index contributed by atoms with van der Waals surface area (Å²) in [6.45, 7) is 13.9. The molecule has 0 saturated heterocycles. The van der Waals surface area contributed by atoms with Crippen LogP contribution in [0.15, 0.2) is 48.6 Å². The zero-order chi connectivity index (χ0) is 36.1. The van der Waals surface area contributed by atoms with Gasteiger partial charge < -0.3 is 28.8 Å². The van der Waals surface area contributed by atoms with Gasteiger partial charge in [-0.15, -0.1) is 0 Å². The number of carbonyl (C=O) groups is 2. The SMILES string of the molecule is COC(=O)[C@@]1(O)CC(=O)N(C)CC/C=C/[C@H](O[Si](C)(C)C(C)(C)C)[C@@H]2CC[C@H]2CN2C[C@@]3(CCCc4cc(Cl)ccc43)COc3ccc1cc32. The molecular weight excluding hydrogens is 668 g/mol. The van der Waals surface area contributed by atoms with Gasteiger partial charge in [0.25, 0.3) is 0 Å². The van der Waals surface area contributed by atoms with Crippen molar-refractivity contribution in [2.45, 2.75) is 101 Å². The number of fused-ring (bicyclic) bond motifs is 4. The molecule has 0 unspecified atom stereocenters. The van der Waals surface area contributed by atoms with Gasteiger partial charge in [-0.05, 0) is 109 Å². The Morgan fingerprint density at radius 3 is 2.62 bits per heavy atom. The van der Waals surface area contributed by atoms with E-state index in [9.17, 15) is 14.7 Å². The van der Waals surface area contributed by atoms with Crippen molar-refractivity contribution < 1.29 is 28.6 Å². The van der Waals surface area contributed by atoms with Crippen LogP contribution in [0.5, 0.6) is 5.75 Å². The molecule has 2 aromatic rings. The third-order valence-electron chi connectivity index (χ3n) is 12.4. The van der Waals surface area contributed by atoms with Gasteiger partial charge >= 0.3 is 5.97 Å². The van der Waals surface area contributed by atoms with E-state index in [0.717, 1.165) is 49.4 Å². The maximum atomic E-state index is 13.6. The summed E-state index contributed by atoms with van der Waals surface area (Å²) in [5.74, 6) is 0.203. The summed E-state index contributed by atoms with van der Waals surface area (Å²) < 4.78 is 19.0. The molecule has 2 aromatic carbocycles. The number of esters is 1. The quantitative estimate of drug-likeness (QED) is 0.201. The Kier molecular flexibility index (Phi) is 10.3. The molecule has 1 amide bonds. The zero-order valence-corrected chi connectivity index (χ0v) is 32.6. The molecule has 2 bridgehead atoms. The Bertz CT molecular complexity index is 1640. The number of benzene rings is 2. The maximum Gasteiger partial charge on any atom is 0.343 e. The molecule has 4 aliphatic rings. The largest absolute Gasteiger partial charge is 0.490 e. The average molecular weight is 723 g/mol. The van der Waals surface area contributed by atoms with Gasteiger partial charge in [0.2, 0.25) is 5.91 Å². The smallest absolute Gasteiger partial charge is 0.343 e. The number of halogens is 1. The van der Waals surface area contributed by atoms with Crippen molar-refractivity contribution in [3.8, 4) is 5.75 Å². The highest BCUT2D eigenvalue weighted by Crippen LogP contribution is 2.49. The van der Waals surface area contributed by atoms with Crippen LogP contribution in [0.4, 0.5) is 5.69 Å². The summed E-state index contributed by atoms with van der Waals surface area (Å²) in [4.78, 5) is 30.9. The topological polar surface area (TPSA) is 88.5 Å². The molecule has 0 radical (unpaired) electrons. The summed E-state index contributed by atoms with van der Waals surface area (Å²) in [7, 11) is 0.857. The molecule has 272 valence electrons. The van der Waals surface area contributed by atoms with Crippen LogP contribution in [-0.4, -0.2) is 76.7 Å². The molecule has 2 aliphatic carbocycles. The van der Waals surface area contributed by atoms with Crippen molar-refractivity contribution in [2.75, 3.05) is 45.3 Å². The normalized spacial score (nSPS) is 29.6. The van der Waals surface area contributed by atoms with Crippen LogP contribution in [0.2, 0.25) is 23.2 Å². The van der Waals surface area contributed by atoms with Crippen molar-refractivity contribution >= 4 is 37.5 Å². The first kappa shape index (κ1) is 36.9. The number of nitrogens with zero attached hydrogens (tertiary/aromatic N) is 2. The number of carbonyl (C=O) groups excluding carboxylic acids is 2. The van der Waals surface area contributed by atoms with E-state index in [1.807, 2.05) is 18.2 Å². The van der Waals surface area contributed by atoms with Gasteiger partial charge in [0.15, 0.2) is 13.9 Å². The Morgan fingerprint density at radius 1 is 1.14 bits per heavy atom. The molecule has 1 spiro atoms. The lowest BCUT2D eigenvalue weighted by Crippen LogP contribution is -2.52. The maximum absolute atomic E-state index is 13.6. The summed E-state index contributed by atoms with van der Waals surface area (Å²) in [6, 6.07) is 11.7. The molecule has 2 aliphatic heterocycles. The van der Waals surface area contributed by atoms with Crippen LogP contribution in [0.1, 0.15) is 76.0 Å². The van der Waals surface area contributed by atoms with Crippen LogP contribution >= 0.6 is 11.6 Å². The Labute approximate surface area is 304 Å². The van der Waals surface area contributed by atoms with Crippen LogP contribution in [-0.2, 0) is 36.2 Å². The predicted octanol–water partition coefficient (Wildman–Crippen LogP) is 7.40. The summed E-state index contributed by atoms with van der Waals surface area (Å²) in [5, 5.41) is 12.8. The molecular formula is C40H55ClN2O6Si. The fourth-order valence-electron chi connectivity index (χ4n) is 8.13. The minimum absolute atomic E-state index is 0.0199. The van der Waals surface area contributed by atoms with E-state index in [4.69, 9.17) is 25.5 Å². The van der Waals surface area contributed by atoms with Crippen LogP contribution < -0.4 is 9.64 Å². The van der Waals surface area contributed by atoms with Crippen LogP contribution in [0.3, 0.4) is 0 Å². The third-order valence-corrected chi connectivity index (χ3v) is 17.1. The van der Waals surface area contributed by atoms with Crippen molar-refractivity contribution in [3.05, 3.63) is 70.3 Å². The summed E-state index contributed by atoms with van der Waals surface area (Å²) in [6.07, 6.45) is 9.73. The molecule has 0 aromatic heterocycles. The van der Waals surface area contributed by atoms with Crippen molar-refractivity contribution in [1.82, 2.24) is 4.90 Å². The highest BCUT2D eigenvalue weighted by molar-refractivity contribution is 6.74. The van der Waals surface area contributed by atoms with E-state index >= 15 is 0 Å². The molecule has 1 saturated carbocycles. The number of methoxy groups -OCH3 is 1. The first-order valence-corrected chi connectivity index (χ1v) is 21.6. The lowest BCUT2D eigenvalue weighted by Gasteiger charge is -2.48. The Balaban J connectivity index is 1.46. The number of ether oxygens (including phenoxy) is 2. The number of anilines is 1. The number of aryl methyl sites for hydroxylation is 1. The van der Waals surface area contributed by atoms with E-state index in [-0.39, 0.29) is 22.5 Å². The number of rotatable bonds is 3. The standard InChI is InChI=1S/C40H55ClN2O6Si/c1-38(2,3)50(6,7)49-34-12-8-9-20-42(4)36(44)23-40(46,37(45)47-5)29-14-18-35-33(22-29)43(24-28-13-16-31(28)34)25-39(26-48-35)19-10-11-27-21-30(41)15-17-32(27)39/h8,12,14-15,17-18,21-22,28,31,34,46H,9-11,13,16,19-20,23-26H2,1-7H3/b12-8+/t28-,31+,34-,39-,40+/m0/s1. The molecule has 6 rings (SSSR count). The molecule has 1 N–H and O–H groups in total. The van der Waals surface area contributed by atoms with Gasteiger partial charge in [-0.3, -0.25) is 4.79 Å². The minimum Gasteiger partial charge on any atom is -0.490 e. The minimum atomic E-state index is -2.16. The fourth-order valence-corrected chi connectivity index (χ4v) is 9.61. The molecule has 1 fully saturated rings.